The Morgan fingerprint density at radius 3 is 1.56 bits per heavy atom. The molecule has 0 bridgehead atoms. The van der Waals surface area contributed by atoms with Crippen molar-refractivity contribution in [1.82, 2.24) is 9.97 Å². The van der Waals surface area contributed by atoms with Crippen LogP contribution in [0.5, 0.6) is 11.5 Å². The summed E-state index contributed by atoms with van der Waals surface area (Å²) in [5.74, 6) is 2.38. The second-order valence-corrected chi connectivity index (χ2v) is 12.9. The number of ether oxygens (including phenoxy) is 1. The van der Waals surface area contributed by atoms with E-state index in [0.717, 1.165) is 61.8 Å². The summed E-state index contributed by atoms with van der Waals surface area (Å²) in [5.41, 5.74) is 13.7. The maximum absolute atomic E-state index is 6.70. The highest BCUT2D eigenvalue weighted by Gasteiger charge is 2.51. The first kappa shape index (κ1) is 28.4. The van der Waals surface area contributed by atoms with Gasteiger partial charge in [0.25, 0.3) is 0 Å². The first-order valence-corrected chi connectivity index (χ1v) is 17.0. The van der Waals surface area contributed by atoms with Gasteiger partial charge in [0.1, 0.15) is 11.5 Å². The molecule has 0 N–H and O–H groups in total. The maximum atomic E-state index is 6.70. The molecule has 2 aliphatic rings. The Hall–Kier alpha value is -6.58. The lowest BCUT2D eigenvalue weighted by molar-refractivity contribution is 0.436. The van der Waals surface area contributed by atoms with Gasteiger partial charge in [-0.3, -0.25) is 0 Å². The molecule has 0 atom stereocenters. The van der Waals surface area contributed by atoms with Crippen LogP contribution in [0, 0.1) is 0 Å². The molecule has 234 valence electrons. The number of benzene rings is 7. The first-order valence-electron chi connectivity index (χ1n) is 17.0. The molecule has 2 heterocycles. The molecule has 3 heteroatoms. The molecular formula is C47H30N2O. The van der Waals surface area contributed by atoms with Gasteiger partial charge in [0, 0.05) is 27.8 Å². The van der Waals surface area contributed by atoms with Crippen LogP contribution in [0.15, 0.2) is 182 Å². The van der Waals surface area contributed by atoms with E-state index in [0.29, 0.717) is 5.82 Å². The zero-order valence-electron chi connectivity index (χ0n) is 27.1. The fourth-order valence-corrected chi connectivity index (χ4v) is 8.04. The zero-order valence-corrected chi connectivity index (χ0v) is 27.1. The molecule has 50 heavy (non-hydrogen) atoms. The standard InChI is InChI=1S/C47H30N2O/c1-3-15-31(16-4-1)34-19-7-8-22-37(34)43-30-42(32-17-5-2-6-18-32)48-46(49-43)33-27-28-45-41(29-33)47(40-25-13-14-26-44(40)50-45)38-23-11-9-20-35(38)36-21-10-12-24-39(36)47/h1-30H. The van der Waals surface area contributed by atoms with Crippen molar-refractivity contribution in [2.45, 2.75) is 5.41 Å². The van der Waals surface area contributed by atoms with E-state index in [9.17, 15) is 0 Å². The van der Waals surface area contributed by atoms with E-state index in [1.165, 1.54) is 22.3 Å². The fraction of sp³-hybridized carbons (Fsp3) is 0.0213. The monoisotopic (exact) mass is 638 g/mol. The molecule has 0 saturated carbocycles. The van der Waals surface area contributed by atoms with Gasteiger partial charge in [0.15, 0.2) is 5.82 Å². The molecule has 0 radical (unpaired) electrons. The van der Waals surface area contributed by atoms with Crippen molar-refractivity contribution in [1.29, 1.82) is 0 Å². The van der Waals surface area contributed by atoms with Crippen LogP contribution in [0.25, 0.3) is 56.2 Å². The van der Waals surface area contributed by atoms with Crippen LogP contribution in [-0.2, 0) is 5.41 Å². The van der Waals surface area contributed by atoms with E-state index in [4.69, 9.17) is 14.7 Å². The van der Waals surface area contributed by atoms with Gasteiger partial charge in [-0.2, -0.15) is 0 Å². The summed E-state index contributed by atoms with van der Waals surface area (Å²) in [4.78, 5) is 10.6. The Labute approximate surface area is 291 Å². The molecule has 0 amide bonds. The van der Waals surface area contributed by atoms with Crippen LogP contribution in [0.2, 0.25) is 0 Å². The molecule has 1 aliphatic carbocycles. The largest absolute Gasteiger partial charge is 0.457 e. The van der Waals surface area contributed by atoms with Gasteiger partial charge in [-0.15, -0.1) is 0 Å². The van der Waals surface area contributed by atoms with Crippen molar-refractivity contribution in [3.63, 3.8) is 0 Å². The highest BCUT2D eigenvalue weighted by Crippen LogP contribution is 2.62. The summed E-state index contributed by atoms with van der Waals surface area (Å²) in [6.45, 7) is 0. The molecule has 0 fully saturated rings. The van der Waals surface area contributed by atoms with Gasteiger partial charge in [-0.1, -0.05) is 152 Å². The average Bonchev–Trinajstić information content (AvgIpc) is 3.49. The minimum absolute atomic E-state index is 0.562. The topological polar surface area (TPSA) is 35.0 Å². The summed E-state index contributed by atoms with van der Waals surface area (Å²) < 4.78 is 6.70. The molecule has 10 rings (SSSR count). The molecule has 8 aromatic rings. The third kappa shape index (κ3) is 4.23. The van der Waals surface area contributed by atoms with E-state index in [1.54, 1.807) is 0 Å². The van der Waals surface area contributed by atoms with Gasteiger partial charge in [-0.05, 0) is 63.7 Å². The van der Waals surface area contributed by atoms with Gasteiger partial charge in [0.05, 0.1) is 16.8 Å². The average molecular weight is 639 g/mol. The Kier molecular flexibility index (Phi) is 6.40. The van der Waals surface area contributed by atoms with Crippen molar-refractivity contribution in [3.05, 3.63) is 204 Å². The predicted molar refractivity (Wildman–Crippen MR) is 201 cm³/mol. The Balaban J connectivity index is 1.23. The third-order valence-electron chi connectivity index (χ3n) is 10.2. The second-order valence-electron chi connectivity index (χ2n) is 12.9. The van der Waals surface area contributed by atoms with Crippen molar-refractivity contribution in [3.8, 4) is 67.7 Å². The smallest absolute Gasteiger partial charge is 0.160 e. The van der Waals surface area contributed by atoms with Crippen LogP contribution in [0.4, 0.5) is 0 Å². The summed E-state index contributed by atoms with van der Waals surface area (Å²) in [6.07, 6.45) is 0. The second kappa shape index (κ2) is 11.3. The van der Waals surface area contributed by atoms with Crippen LogP contribution in [0.3, 0.4) is 0 Å². The Bertz CT molecular complexity index is 2530. The summed E-state index contributed by atoms with van der Waals surface area (Å²) in [5, 5.41) is 0. The Morgan fingerprint density at radius 1 is 0.340 bits per heavy atom. The Morgan fingerprint density at radius 2 is 0.860 bits per heavy atom. The maximum Gasteiger partial charge on any atom is 0.160 e. The summed E-state index contributed by atoms with van der Waals surface area (Å²) in [6, 6.07) is 64.0. The molecule has 1 spiro atoms. The fourth-order valence-electron chi connectivity index (χ4n) is 8.04. The van der Waals surface area contributed by atoms with Gasteiger partial charge < -0.3 is 4.74 Å². The number of para-hydroxylation sites is 1. The predicted octanol–water partition coefficient (Wildman–Crippen LogP) is 11.6. The molecule has 0 unspecified atom stereocenters. The summed E-state index contributed by atoms with van der Waals surface area (Å²) in [7, 11) is 0. The van der Waals surface area contributed by atoms with E-state index in [2.05, 4.69) is 176 Å². The van der Waals surface area contributed by atoms with E-state index in [-0.39, 0.29) is 0 Å². The molecule has 0 saturated heterocycles. The van der Waals surface area contributed by atoms with Gasteiger partial charge in [0.2, 0.25) is 0 Å². The molecule has 1 aliphatic heterocycles. The highest BCUT2D eigenvalue weighted by atomic mass is 16.5. The lowest BCUT2D eigenvalue weighted by Gasteiger charge is -2.39. The first-order chi connectivity index (χ1) is 24.8. The number of rotatable bonds is 4. The van der Waals surface area contributed by atoms with Crippen molar-refractivity contribution in [2.75, 3.05) is 0 Å². The van der Waals surface area contributed by atoms with Crippen LogP contribution in [0.1, 0.15) is 22.3 Å². The minimum Gasteiger partial charge on any atom is -0.457 e. The van der Waals surface area contributed by atoms with Gasteiger partial charge >= 0.3 is 0 Å². The number of hydrogen-bond donors (Lipinski definition) is 0. The van der Waals surface area contributed by atoms with E-state index in [1.807, 2.05) is 6.07 Å². The SMILES string of the molecule is c1ccc(-c2cc(-c3ccccc3-c3ccccc3)nc(-c3ccc4c(c3)C3(c5ccccc5O4)c4ccccc4-c4ccccc43)n2)cc1. The molecule has 3 nitrogen and oxygen atoms in total. The normalized spacial score (nSPS) is 13.1. The number of fused-ring (bicyclic) bond motifs is 9. The number of nitrogens with zero attached hydrogens (tertiary/aromatic N) is 2. The van der Waals surface area contributed by atoms with Crippen LogP contribution >= 0.6 is 0 Å². The van der Waals surface area contributed by atoms with E-state index < -0.39 is 5.41 Å². The number of aromatic nitrogens is 2. The van der Waals surface area contributed by atoms with Crippen molar-refractivity contribution in [2.24, 2.45) is 0 Å². The van der Waals surface area contributed by atoms with E-state index >= 15 is 0 Å². The van der Waals surface area contributed by atoms with Crippen LogP contribution < -0.4 is 4.74 Å². The quantitative estimate of drug-likeness (QED) is 0.192. The highest BCUT2D eigenvalue weighted by molar-refractivity contribution is 5.89. The summed E-state index contributed by atoms with van der Waals surface area (Å²) >= 11 is 0. The third-order valence-corrected chi connectivity index (χ3v) is 10.2. The van der Waals surface area contributed by atoms with Gasteiger partial charge in [-0.25, -0.2) is 9.97 Å². The zero-order chi connectivity index (χ0) is 33.1. The van der Waals surface area contributed by atoms with Crippen molar-refractivity contribution >= 4 is 0 Å². The lowest BCUT2D eigenvalue weighted by atomic mass is 9.66. The molecular weight excluding hydrogens is 609 g/mol. The van der Waals surface area contributed by atoms with Crippen molar-refractivity contribution < 1.29 is 4.74 Å². The van der Waals surface area contributed by atoms with Crippen LogP contribution in [-0.4, -0.2) is 9.97 Å². The lowest BCUT2D eigenvalue weighted by Crippen LogP contribution is -2.32. The number of hydrogen-bond acceptors (Lipinski definition) is 3. The molecule has 1 aromatic heterocycles. The molecule has 7 aromatic carbocycles. The minimum atomic E-state index is -0.562.